The number of piperidine rings is 1. The highest BCUT2D eigenvalue weighted by molar-refractivity contribution is 6.29. The maximum absolute atomic E-state index is 11.9. The Kier molecular flexibility index (Phi) is 5.29. The molecule has 1 fully saturated rings. The summed E-state index contributed by atoms with van der Waals surface area (Å²) >= 11 is 5.66. The zero-order valence-corrected chi connectivity index (χ0v) is 11.9. The van der Waals surface area contributed by atoms with Crippen LogP contribution in [0.3, 0.4) is 0 Å². The van der Waals surface area contributed by atoms with Crippen LogP contribution in [0.25, 0.3) is 0 Å². The van der Waals surface area contributed by atoms with Crippen LogP contribution in [0, 0.1) is 0 Å². The Morgan fingerprint density at radius 2 is 2.00 bits per heavy atom. The molecule has 2 rings (SSSR count). The van der Waals surface area contributed by atoms with Crippen molar-refractivity contribution >= 4 is 23.4 Å². The lowest BCUT2D eigenvalue weighted by atomic mass is 10.1. The van der Waals surface area contributed by atoms with E-state index in [9.17, 15) is 9.59 Å². The van der Waals surface area contributed by atoms with E-state index in [-0.39, 0.29) is 22.7 Å². The van der Waals surface area contributed by atoms with Crippen molar-refractivity contribution < 1.29 is 9.59 Å². The van der Waals surface area contributed by atoms with Crippen molar-refractivity contribution in [3.63, 3.8) is 0 Å². The fraction of sp³-hybridized carbons (Fsp3) is 0.538. The van der Waals surface area contributed by atoms with Gasteiger partial charge in [0.05, 0.1) is 12.4 Å². The maximum Gasteiger partial charge on any atom is 0.271 e. The summed E-state index contributed by atoms with van der Waals surface area (Å²) in [6.07, 6.45) is 6.33. The lowest BCUT2D eigenvalue weighted by Crippen LogP contribution is -2.37. The number of nitrogens with zero attached hydrogens (tertiary/aromatic N) is 3. The van der Waals surface area contributed by atoms with Crippen molar-refractivity contribution in [2.75, 3.05) is 19.6 Å². The number of amides is 2. The predicted octanol–water partition coefficient (Wildman–Crippen LogP) is 1.26. The Labute approximate surface area is 122 Å². The molecule has 0 unspecified atom stereocenters. The molecule has 1 aliphatic heterocycles. The molecule has 0 bridgehead atoms. The van der Waals surface area contributed by atoms with Gasteiger partial charge in [-0.3, -0.25) is 14.6 Å². The lowest BCUT2D eigenvalue weighted by Gasteiger charge is -2.26. The van der Waals surface area contributed by atoms with Crippen LogP contribution in [-0.4, -0.2) is 46.3 Å². The predicted molar refractivity (Wildman–Crippen MR) is 74.4 cm³/mol. The molecule has 0 saturated carbocycles. The van der Waals surface area contributed by atoms with Crippen LogP contribution >= 0.6 is 11.6 Å². The second-order valence-corrected chi connectivity index (χ2v) is 5.06. The van der Waals surface area contributed by atoms with Gasteiger partial charge in [-0.25, -0.2) is 4.98 Å². The van der Waals surface area contributed by atoms with Crippen molar-refractivity contribution in [2.45, 2.75) is 25.7 Å². The van der Waals surface area contributed by atoms with Gasteiger partial charge in [0, 0.05) is 26.1 Å². The van der Waals surface area contributed by atoms with Crippen molar-refractivity contribution in [1.29, 1.82) is 0 Å². The van der Waals surface area contributed by atoms with E-state index in [1.807, 2.05) is 4.90 Å². The van der Waals surface area contributed by atoms with E-state index in [0.717, 1.165) is 25.9 Å². The molecule has 0 aromatic carbocycles. The molecule has 108 valence electrons. The van der Waals surface area contributed by atoms with Gasteiger partial charge >= 0.3 is 0 Å². The number of hydrogen-bond donors (Lipinski definition) is 1. The third kappa shape index (κ3) is 4.16. The van der Waals surface area contributed by atoms with Crippen molar-refractivity contribution in [1.82, 2.24) is 20.2 Å². The van der Waals surface area contributed by atoms with Gasteiger partial charge in [0.15, 0.2) is 0 Å². The maximum atomic E-state index is 11.9. The summed E-state index contributed by atoms with van der Waals surface area (Å²) in [5, 5.41) is 2.82. The minimum Gasteiger partial charge on any atom is -0.350 e. The smallest absolute Gasteiger partial charge is 0.271 e. The summed E-state index contributed by atoms with van der Waals surface area (Å²) in [6, 6.07) is 0. The second kappa shape index (κ2) is 7.19. The largest absolute Gasteiger partial charge is 0.350 e. The van der Waals surface area contributed by atoms with Crippen LogP contribution in [0.1, 0.15) is 36.2 Å². The molecule has 1 aromatic heterocycles. The molecule has 1 saturated heterocycles. The standard InChI is InChI=1S/C13H17ClN4O2/c14-11-9-15-8-10(17-11)13(20)16-5-4-12(19)18-6-2-1-3-7-18/h8-9H,1-7H2,(H,16,20). The van der Waals surface area contributed by atoms with Gasteiger partial charge < -0.3 is 10.2 Å². The van der Waals surface area contributed by atoms with Crippen LogP contribution in [0.5, 0.6) is 0 Å². The van der Waals surface area contributed by atoms with E-state index in [2.05, 4.69) is 15.3 Å². The van der Waals surface area contributed by atoms with Crippen LogP contribution in [0.4, 0.5) is 0 Å². The molecule has 6 nitrogen and oxygen atoms in total. The zero-order valence-electron chi connectivity index (χ0n) is 11.1. The zero-order chi connectivity index (χ0) is 14.4. The fourth-order valence-corrected chi connectivity index (χ4v) is 2.27. The number of halogens is 1. The number of nitrogens with one attached hydrogen (secondary N) is 1. The van der Waals surface area contributed by atoms with E-state index in [1.54, 1.807) is 0 Å². The van der Waals surface area contributed by atoms with Gasteiger partial charge in [-0.1, -0.05) is 11.6 Å². The summed E-state index contributed by atoms with van der Waals surface area (Å²) in [4.78, 5) is 33.2. The second-order valence-electron chi connectivity index (χ2n) is 4.67. The monoisotopic (exact) mass is 296 g/mol. The highest BCUT2D eigenvalue weighted by Crippen LogP contribution is 2.09. The first-order chi connectivity index (χ1) is 9.66. The summed E-state index contributed by atoms with van der Waals surface area (Å²) in [7, 11) is 0. The summed E-state index contributed by atoms with van der Waals surface area (Å²) in [5.41, 5.74) is 0.155. The average molecular weight is 297 g/mol. The average Bonchev–Trinajstić information content (AvgIpc) is 2.48. The summed E-state index contributed by atoms with van der Waals surface area (Å²) < 4.78 is 0. The Balaban J connectivity index is 1.75. The molecule has 0 spiro atoms. The molecule has 1 aliphatic rings. The number of hydrogen-bond acceptors (Lipinski definition) is 4. The fourth-order valence-electron chi connectivity index (χ4n) is 2.13. The number of likely N-dealkylation sites (tertiary alicyclic amines) is 1. The molecule has 0 radical (unpaired) electrons. The third-order valence-electron chi connectivity index (χ3n) is 3.17. The number of aromatic nitrogens is 2. The third-order valence-corrected chi connectivity index (χ3v) is 3.35. The Morgan fingerprint density at radius 3 is 2.70 bits per heavy atom. The molecule has 1 N–H and O–H groups in total. The quantitative estimate of drug-likeness (QED) is 0.908. The number of rotatable bonds is 4. The molecule has 2 amide bonds. The summed E-state index contributed by atoms with van der Waals surface area (Å²) in [6.45, 7) is 1.95. The first-order valence-corrected chi connectivity index (χ1v) is 7.08. The van der Waals surface area contributed by atoms with E-state index in [4.69, 9.17) is 11.6 Å². The van der Waals surface area contributed by atoms with Crippen LogP contribution in [-0.2, 0) is 4.79 Å². The molecule has 20 heavy (non-hydrogen) atoms. The Bertz CT molecular complexity index is 489. The SMILES string of the molecule is O=C(NCCC(=O)N1CCCCC1)c1cncc(Cl)n1. The van der Waals surface area contributed by atoms with Crippen LogP contribution < -0.4 is 5.32 Å². The minimum atomic E-state index is -0.369. The van der Waals surface area contributed by atoms with E-state index in [0.29, 0.717) is 13.0 Å². The molecule has 0 atom stereocenters. The number of carbonyl (C=O) groups excluding carboxylic acids is 2. The first-order valence-electron chi connectivity index (χ1n) is 6.70. The first kappa shape index (κ1) is 14.7. The molecule has 7 heteroatoms. The van der Waals surface area contributed by atoms with E-state index < -0.39 is 0 Å². The molecule has 1 aromatic rings. The van der Waals surface area contributed by atoms with Gasteiger partial charge in [-0.2, -0.15) is 0 Å². The van der Waals surface area contributed by atoms with Gasteiger partial charge in [0.2, 0.25) is 5.91 Å². The van der Waals surface area contributed by atoms with Gasteiger partial charge in [-0.05, 0) is 19.3 Å². The van der Waals surface area contributed by atoms with E-state index in [1.165, 1.54) is 18.8 Å². The molecular weight excluding hydrogens is 280 g/mol. The molecular formula is C13H17ClN4O2. The van der Waals surface area contributed by atoms with Crippen LogP contribution in [0.2, 0.25) is 5.15 Å². The van der Waals surface area contributed by atoms with Crippen molar-refractivity contribution in [2.24, 2.45) is 0 Å². The Hall–Kier alpha value is -1.69. The molecule has 2 heterocycles. The van der Waals surface area contributed by atoms with Gasteiger partial charge in [0.1, 0.15) is 10.8 Å². The van der Waals surface area contributed by atoms with E-state index >= 15 is 0 Å². The Morgan fingerprint density at radius 1 is 1.25 bits per heavy atom. The van der Waals surface area contributed by atoms with Crippen LogP contribution in [0.15, 0.2) is 12.4 Å². The topological polar surface area (TPSA) is 75.2 Å². The molecule has 0 aliphatic carbocycles. The van der Waals surface area contributed by atoms with Crippen molar-refractivity contribution in [3.05, 3.63) is 23.2 Å². The highest BCUT2D eigenvalue weighted by atomic mass is 35.5. The van der Waals surface area contributed by atoms with Gasteiger partial charge in [-0.15, -0.1) is 0 Å². The van der Waals surface area contributed by atoms with Crippen molar-refractivity contribution in [3.8, 4) is 0 Å². The lowest BCUT2D eigenvalue weighted by molar-refractivity contribution is -0.131. The summed E-state index contributed by atoms with van der Waals surface area (Å²) in [5.74, 6) is -0.284. The highest BCUT2D eigenvalue weighted by Gasteiger charge is 2.16. The number of carbonyl (C=O) groups is 2. The minimum absolute atomic E-state index is 0.0854. The van der Waals surface area contributed by atoms with Gasteiger partial charge in [0.25, 0.3) is 5.91 Å². The normalized spacial score (nSPS) is 14.9.